The summed E-state index contributed by atoms with van der Waals surface area (Å²) in [5.74, 6) is 2.66. The minimum Gasteiger partial charge on any atom is -0.393 e. The standard InChI is InChI=1S/C23H36O3/c1-6-15-12-22(3)18(7-8-19(22)24)20-14(2)11-16-13-23(25-4,26-5)10-9-17(16)21(15)20/h6,14-15,18-21,24H,1,7-13H2,2-5H3/t14?,15-,18?,19-,20?,21?,22-/m0/s1. The Morgan fingerprint density at radius 3 is 2.62 bits per heavy atom. The maximum Gasteiger partial charge on any atom is 0.171 e. The van der Waals surface area contributed by atoms with E-state index in [1.165, 1.54) is 6.42 Å². The number of aliphatic hydroxyl groups excluding tert-OH is 1. The Morgan fingerprint density at radius 2 is 1.96 bits per heavy atom. The van der Waals surface area contributed by atoms with Crippen LogP contribution in [0.3, 0.4) is 0 Å². The van der Waals surface area contributed by atoms with Gasteiger partial charge in [-0.25, -0.2) is 0 Å². The number of rotatable bonds is 3. The maximum atomic E-state index is 10.8. The Hall–Kier alpha value is -0.640. The average Bonchev–Trinajstić information content (AvgIpc) is 2.94. The molecule has 0 aromatic rings. The molecular weight excluding hydrogens is 324 g/mol. The van der Waals surface area contributed by atoms with E-state index in [0.29, 0.717) is 29.6 Å². The van der Waals surface area contributed by atoms with Crippen molar-refractivity contribution in [3.63, 3.8) is 0 Å². The van der Waals surface area contributed by atoms with E-state index in [4.69, 9.17) is 9.47 Å². The predicted octanol–water partition coefficient (Wildman–Crippen LogP) is 4.71. The van der Waals surface area contributed by atoms with Crippen molar-refractivity contribution in [2.24, 2.45) is 35.0 Å². The molecule has 4 aliphatic carbocycles. The van der Waals surface area contributed by atoms with Crippen molar-refractivity contribution in [1.29, 1.82) is 0 Å². The molecule has 2 fully saturated rings. The molecule has 0 heterocycles. The Kier molecular flexibility index (Phi) is 4.65. The van der Waals surface area contributed by atoms with Crippen molar-refractivity contribution in [2.75, 3.05) is 14.2 Å². The monoisotopic (exact) mass is 360 g/mol. The molecule has 1 N–H and O–H groups in total. The van der Waals surface area contributed by atoms with Gasteiger partial charge in [0, 0.05) is 27.1 Å². The van der Waals surface area contributed by atoms with Gasteiger partial charge in [0.05, 0.1) is 6.10 Å². The van der Waals surface area contributed by atoms with E-state index >= 15 is 0 Å². The average molecular weight is 361 g/mol. The predicted molar refractivity (Wildman–Crippen MR) is 104 cm³/mol. The van der Waals surface area contributed by atoms with Gasteiger partial charge in [0.1, 0.15) is 0 Å². The fraction of sp³-hybridized carbons (Fsp3) is 0.826. The second-order valence-electron chi connectivity index (χ2n) is 9.72. The van der Waals surface area contributed by atoms with Gasteiger partial charge in [0.15, 0.2) is 5.79 Å². The van der Waals surface area contributed by atoms with Gasteiger partial charge in [-0.3, -0.25) is 0 Å². The normalized spacial score (nSPS) is 47.1. The van der Waals surface area contributed by atoms with Crippen LogP contribution in [0.5, 0.6) is 0 Å². The Bertz CT molecular complexity index is 605. The SMILES string of the molecule is C=C[C@H]1C[C@@]2(C)C(CC[C@@H]2O)C2C(C)CC3=C(CCC(OC)(OC)C3)C21. The van der Waals surface area contributed by atoms with Crippen LogP contribution in [0.15, 0.2) is 23.8 Å². The van der Waals surface area contributed by atoms with Crippen molar-refractivity contribution in [2.45, 2.75) is 70.7 Å². The van der Waals surface area contributed by atoms with Crippen LogP contribution in [0, 0.1) is 35.0 Å². The molecule has 7 atom stereocenters. The van der Waals surface area contributed by atoms with E-state index in [2.05, 4.69) is 26.5 Å². The molecule has 0 radical (unpaired) electrons. The lowest BCUT2D eigenvalue weighted by Gasteiger charge is -2.57. The Morgan fingerprint density at radius 1 is 1.23 bits per heavy atom. The summed E-state index contributed by atoms with van der Waals surface area (Å²) in [4.78, 5) is 0. The minimum absolute atomic E-state index is 0.0732. The Labute approximate surface area is 158 Å². The topological polar surface area (TPSA) is 38.7 Å². The number of aliphatic hydroxyl groups is 1. The number of fused-ring (bicyclic) bond motifs is 4. The van der Waals surface area contributed by atoms with Gasteiger partial charge >= 0.3 is 0 Å². The zero-order valence-corrected chi connectivity index (χ0v) is 17.0. The maximum absolute atomic E-state index is 10.8. The van der Waals surface area contributed by atoms with Crippen molar-refractivity contribution in [1.82, 2.24) is 0 Å². The van der Waals surface area contributed by atoms with Crippen LogP contribution >= 0.6 is 0 Å². The number of allylic oxidation sites excluding steroid dienone is 2. The van der Waals surface area contributed by atoms with Crippen molar-refractivity contribution < 1.29 is 14.6 Å². The molecule has 0 saturated heterocycles. The summed E-state index contributed by atoms with van der Waals surface area (Å²) in [6.07, 6.45) is 9.42. The van der Waals surface area contributed by atoms with E-state index in [9.17, 15) is 5.11 Å². The molecule has 0 bridgehead atoms. The highest BCUT2D eigenvalue weighted by Crippen LogP contribution is 2.64. The van der Waals surface area contributed by atoms with Gasteiger partial charge in [0.25, 0.3) is 0 Å². The van der Waals surface area contributed by atoms with Crippen molar-refractivity contribution in [3.05, 3.63) is 23.8 Å². The minimum atomic E-state index is -0.429. The molecule has 0 amide bonds. The molecule has 3 heteroatoms. The first-order chi connectivity index (χ1) is 12.4. The molecule has 0 aliphatic heterocycles. The van der Waals surface area contributed by atoms with Crippen molar-refractivity contribution in [3.8, 4) is 0 Å². The number of ether oxygens (including phenoxy) is 2. The number of methoxy groups -OCH3 is 2. The molecule has 0 aromatic heterocycles. The van der Waals surface area contributed by atoms with E-state index in [1.54, 1.807) is 25.4 Å². The fourth-order valence-corrected chi connectivity index (χ4v) is 7.40. The highest BCUT2D eigenvalue weighted by atomic mass is 16.7. The lowest BCUT2D eigenvalue weighted by Crippen LogP contribution is -2.52. The third-order valence-corrected chi connectivity index (χ3v) is 8.76. The third kappa shape index (κ3) is 2.50. The molecule has 0 aromatic carbocycles. The van der Waals surface area contributed by atoms with Gasteiger partial charge < -0.3 is 14.6 Å². The molecule has 146 valence electrons. The van der Waals surface area contributed by atoms with E-state index in [-0.39, 0.29) is 11.5 Å². The zero-order chi connectivity index (χ0) is 18.7. The molecule has 4 rings (SSSR count). The third-order valence-electron chi connectivity index (χ3n) is 8.76. The van der Waals surface area contributed by atoms with Crippen LogP contribution in [-0.2, 0) is 9.47 Å². The molecule has 0 spiro atoms. The molecule has 4 unspecified atom stereocenters. The van der Waals surface area contributed by atoms with E-state index in [1.807, 2.05) is 0 Å². The summed E-state index contributed by atoms with van der Waals surface area (Å²) in [6.45, 7) is 9.00. The first-order valence-corrected chi connectivity index (χ1v) is 10.5. The summed E-state index contributed by atoms with van der Waals surface area (Å²) in [5, 5.41) is 10.8. The smallest absolute Gasteiger partial charge is 0.171 e. The van der Waals surface area contributed by atoms with Crippen molar-refractivity contribution >= 4 is 0 Å². The van der Waals surface area contributed by atoms with Crippen LogP contribution in [-0.4, -0.2) is 31.2 Å². The zero-order valence-electron chi connectivity index (χ0n) is 17.0. The van der Waals surface area contributed by atoms with Crippen LogP contribution in [0.1, 0.15) is 58.8 Å². The van der Waals surface area contributed by atoms with E-state index in [0.717, 1.165) is 38.5 Å². The lowest BCUT2D eigenvalue weighted by atomic mass is 9.48. The van der Waals surface area contributed by atoms with E-state index < -0.39 is 5.79 Å². The number of hydrogen-bond acceptors (Lipinski definition) is 3. The highest BCUT2D eigenvalue weighted by Gasteiger charge is 2.59. The summed E-state index contributed by atoms with van der Waals surface area (Å²) in [6, 6.07) is 0. The fourth-order valence-electron chi connectivity index (χ4n) is 7.40. The second kappa shape index (κ2) is 6.46. The first kappa shape index (κ1) is 18.7. The first-order valence-electron chi connectivity index (χ1n) is 10.5. The highest BCUT2D eigenvalue weighted by molar-refractivity contribution is 5.31. The van der Waals surface area contributed by atoms with Crippen LogP contribution in [0.25, 0.3) is 0 Å². The quantitative estimate of drug-likeness (QED) is 0.585. The Balaban J connectivity index is 1.74. The second-order valence-corrected chi connectivity index (χ2v) is 9.72. The molecule has 4 aliphatic rings. The van der Waals surface area contributed by atoms with Crippen LogP contribution < -0.4 is 0 Å². The summed E-state index contributed by atoms with van der Waals surface area (Å²) in [5.41, 5.74) is 3.35. The number of hydrogen-bond donors (Lipinski definition) is 1. The van der Waals surface area contributed by atoms with Gasteiger partial charge in [0.2, 0.25) is 0 Å². The van der Waals surface area contributed by atoms with Crippen LogP contribution in [0.2, 0.25) is 0 Å². The molecular formula is C23H36O3. The van der Waals surface area contributed by atoms with Gasteiger partial charge in [-0.1, -0.05) is 31.1 Å². The lowest BCUT2D eigenvalue weighted by molar-refractivity contribution is -0.214. The van der Waals surface area contributed by atoms with Gasteiger partial charge in [-0.15, -0.1) is 6.58 Å². The van der Waals surface area contributed by atoms with Gasteiger partial charge in [-0.05, 0) is 67.1 Å². The summed E-state index contributed by atoms with van der Waals surface area (Å²) >= 11 is 0. The molecule has 26 heavy (non-hydrogen) atoms. The molecule has 2 saturated carbocycles. The van der Waals surface area contributed by atoms with Crippen LogP contribution in [0.4, 0.5) is 0 Å². The largest absolute Gasteiger partial charge is 0.393 e. The van der Waals surface area contributed by atoms with Gasteiger partial charge in [-0.2, -0.15) is 0 Å². The molecule has 3 nitrogen and oxygen atoms in total. The summed E-state index contributed by atoms with van der Waals surface area (Å²) in [7, 11) is 3.56. The summed E-state index contributed by atoms with van der Waals surface area (Å²) < 4.78 is 11.6.